The molecule has 2 rings (SSSR count). The number of unbranched alkanes of at least 4 members (excludes halogenated alkanes) is 3. The van der Waals surface area contributed by atoms with Gasteiger partial charge in [-0.05, 0) is 51.9 Å². The molecule has 0 unspecified atom stereocenters. The number of rotatable bonds is 10. The van der Waals surface area contributed by atoms with Crippen molar-refractivity contribution in [2.75, 3.05) is 32.6 Å². The van der Waals surface area contributed by atoms with Crippen LogP contribution < -0.4 is 10.1 Å². The first-order valence-corrected chi connectivity index (χ1v) is 9.94. The minimum atomic E-state index is -0.386. The Hall–Kier alpha value is -1.75. The molecule has 0 bridgehead atoms. The Bertz CT molecular complexity index is 548. The zero-order chi connectivity index (χ0) is 18.8. The number of nitrogens with one attached hydrogen (secondary N) is 1. The minimum absolute atomic E-state index is 0.000440. The highest BCUT2D eigenvalue weighted by Crippen LogP contribution is 2.30. The number of benzene rings is 1. The van der Waals surface area contributed by atoms with E-state index in [1.54, 1.807) is 0 Å². The first-order valence-electron chi connectivity index (χ1n) is 9.94. The Labute approximate surface area is 158 Å². The molecule has 5 nitrogen and oxygen atoms in total. The van der Waals surface area contributed by atoms with Gasteiger partial charge in [0, 0.05) is 12.5 Å². The monoisotopic (exact) mass is 362 g/mol. The molecular formula is C21H34N2O3. The van der Waals surface area contributed by atoms with Crippen LogP contribution in [0.1, 0.15) is 51.9 Å². The van der Waals surface area contributed by atoms with Gasteiger partial charge in [0.25, 0.3) is 0 Å². The fourth-order valence-electron chi connectivity index (χ4n) is 3.52. The van der Waals surface area contributed by atoms with Gasteiger partial charge in [-0.2, -0.15) is 0 Å². The Morgan fingerprint density at radius 3 is 2.77 bits per heavy atom. The van der Waals surface area contributed by atoms with Gasteiger partial charge in [-0.25, -0.2) is 4.79 Å². The van der Waals surface area contributed by atoms with E-state index in [0.29, 0.717) is 24.0 Å². The minimum Gasteiger partial charge on any atom is -0.491 e. The lowest BCUT2D eigenvalue weighted by molar-refractivity contribution is 0.0780. The molecule has 0 saturated heterocycles. The highest BCUT2D eigenvalue weighted by atomic mass is 16.6. The molecule has 146 valence electrons. The van der Waals surface area contributed by atoms with Crippen molar-refractivity contribution < 1.29 is 14.3 Å². The van der Waals surface area contributed by atoms with Crippen LogP contribution in [0.3, 0.4) is 0 Å². The van der Waals surface area contributed by atoms with Crippen LogP contribution in [-0.2, 0) is 4.74 Å². The van der Waals surface area contributed by atoms with Gasteiger partial charge in [0.15, 0.2) is 0 Å². The van der Waals surface area contributed by atoms with Gasteiger partial charge in [-0.1, -0.05) is 38.3 Å². The van der Waals surface area contributed by atoms with Gasteiger partial charge in [0.05, 0.1) is 12.3 Å². The number of anilines is 1. The molecule has 1 fully saturated rings. The summed E-state index contributed by atoms with van der Waals surface area (Å²) in [6.07, 6.45) is 7.43. The van der Waals surface area contributed by atoms with Crippen LogP contribution in [0, 0.1) is 5.92 Å². The SMILES string of the molecule is CCCCCCOc1ccccc1NC(=O)O[C@H]1CCC[C@@H]1CN(C)C. The van der Waals surface area contributed by atoms with Crippen LogP contribution in [0.4, 0.5) is 10.5 Å². The molecular weight excluding hydrogens is 328 g/mol. The maximum atomic E-state index is 12.4. The average molecular weight is 363 g/mol. The Balaban J connectivity index is 1.84. The van der Waals surface area contributed by atoms with Crippen molar-refractivity contribution in [2.45, 2.75) is 58.0 Å². The van der Waals surface area contributed by atoms with Crippen LogP contribution >= 0.6 is 0 Å². The normalized spacial score (nSPS) is 19.5. The number of hydrogen-bond donors (Lipinski definition) is 1. The third kappa shape index (κ3) is 6.87. The summed E-state index contributed by atoms with van der Waals surface area (Å²) in [4.78, 5) is 14.5. The molecule has 1 amide bonds. The first-order chi connectivity index (χ1) is 12.6. The lowest BCUT2D eigenvalue weighted by atomic mass is 10.1. The summed E-state index contributed by atoms with van der Waals surface area (Å²) in [6.45, 7) is 3.82. The van der Waals surface area contributed by atoms with Crippen molar-refractivity contribution in [3.63, 3.8) is 0 Å². The van der Waals surface area contributed by atoms with E-state index in [4.69, 9.17) is 9.47 Å². The van der Waals surface area contributed by atoms with Crippen molar-refractivity contribution in [1.82, 2.24) is 4.90 Å². The molecule has 0 radical (unpaired) electrons. The third-order valence-corrected chi connectivity index (χ3v) is 4.83. The Kier molecular flexibility index (Phi) is 8.75. The van der Waals surface area contributed by atoms with Gasteiger partial charge in [-0.15, -0.1) is 0 Å². The first kappa shape index (κ1) is 20.6. The maximum absolute atomic E-state index is 12.4. The summed E-state index contributed by atoms with van der Waals surface area (Å²) in [5.74, 6) is 1.12. The van der Waals surface area contributed by atoms with Crippen LogP contribution in [0.2, 0.25) is 0 Å². The molecule has 26 heavy (non-hydrogen) atoms. The quantitative estimate of drug-likeness (QED) is 0.600. The summed E-state index contributed by atoms with van der Waals surface area (Å²) in [5, 5.41) is 2.86. The summed E-state index contributed by atoms with van der Waals surface area (Å²) < 4.78 is 11.6. The van der Waals surface area contributed by atoms with E-state index in [0.717, 1.165) is 32.2 Å². The zero-order valence-electron chi connectivity index (χ0n) is 16.5. The fourth-order valence-corrected chi connectivity index (χ4v) is 3.52. The van der Waals surface area contributed by atoms with Crippen molar-refractivity contribution in [2.24, 2.45) is 5.92 Å². The van der Waals surface area contributed by atoms with Gasteiger partial charge in [0.1, 0.15) is 11.9 Å². The number of carbonyl (C=O) groups excluding carboxylic acids is 1. The molecule has 2 atom stereocenters. The predicted octanol–water partition coefficient (Wildman–Crippen LogP) is 4.92. The molecule has 0 spiro atoms. The Morgan fingerprint density at radius 1 is 1.19 bits per heavy atom. The second kappa shape index (κ2) is 11.1. The van der Waals surface area contributed by atoms with Gasteiger partial charge >= 0.3 is 6.09 Å². The molecule has 1 aliphatic rings. The Morgan fingerprint density at radius 2 is 2.00 bits per heavy atom. The van der Waals surface area contributed by atoms with E-state index in [9.17, 15) is 4.79 Å². The van der Waals surface area contributed by atoms with Gasteiger partial charge in [0.2, 0.25) is 0 Å². The molecule has 1 saturated carbocycles. The molecule has 1 aromatic rings. The highest BCUT2D eigenvalue weighted by Gasteiger charge is 2.30. The van der Waals surface area contributed by atoms with Gasteiger partial charge in [-0.3, -0.25) is 5.32 Å². The smallest absolute Gasteiger partial charge is 0.412 e. The van der Waals surface area contributed by atoms with E-state index in [1.807, 2.05) is 24.3 Å². The number of hydrogen-bond acceptors (Lipinski definition) is 4. The summed E-state index contributed by atoms with van der Waals surface area (Å²) in [6, 6.07) is 7.56. The van der Waals surface area contributed by atoms with E-state index in [2.05, 4.69) is 31.2 Å². The molecule has 1 N–H and O–H groups in total. The van der Waals surface area contributed by atoms with Crippen molar-refractivity contribution in [3.05, 3.63) is 24.3 Å². The summed E-state index contributed by atoms with van der Waals surface area (Å²) >= 11 is 0. The number of amides is 1. The molecule has 5 heteroatoms. The fraction of sp³-hybridized carbons (Fsp3) is 0.667. The molecule has 0 heterocycles. The maximum Gasteiger partial charge on any atom is 0.412 e. The van der Waals surface area contributed by atoms with Crippen molar-refractivity contribution in [3.8, 4) is 5.75 Å². The van der Waals surface area contributed by atoms with Crippen LogP contribution in [0.25, 0.3) is 0 Å². The summed E-state index contributed by atoms with van der Waals surface area (Å²) in [5.41, 5.74) is 0.676. The molecule has 0 aliphatic heterocycles. The molecule has 1 aromatic carbocycles. The van der Waals surface area contributed by atoms with Crippen LogP contribution in [0.15, 0.2) is 24.3 Å². The lowest BCUT2D eigenvalue weighted by Crippen LogP contribution is -2.31. The van der Waals surface area contributed by atoms with E-state index in [1.165, 1.54) is 19.3 Å². The summed E-state index contributed by atoms with van der Waals surface area (Å²) in [7, 11) is 4.12. The second-order valence-corrected chi connectivity index (χ2v) is 7.43. The standard InChI is InChI=1S/C21H34N2O3/c1-4-5-6-9-15-25-20-13-8-7-12-18(20)22-21(24)26-19-14-10-11-17(19)16-23(2)3/h7-8,12-13,17,19H,4-6,9-11,14-16H2,1-3H3,(H,22,24)/t17-,19+/m1/s1. The topological polar surface area (TPSA) is 50.8 Å². The van der Waals surface area contributed by atoms with Crippen LogP contribution in [-0.4, -0.2) is 44.3 Å². The van der Waals surface area contributed by atoms with Crippen molar-refractivity contribution in [1.29, 1.82) is 0 Å². The third-order valence-electron chi connectivity index (χ3n) is 4.83. The van der Waals surface area contributed by atoms with Crippen LogP contribution in [0.5, 0.6) is 5.75 Å². The molecule has 0 aromatic heterocycles. The number of ether oxygens (including phenoxy) is 2. The van der Waals surface area contributed by atoms with Gasteiger partial charge < -0.3 is 14.4 Å². The largest absolute Gasteiger partial charge is 0.491 e. The average Bonchev–Trinajstić information content (AvgIpc) is 3.02. The number of para-hydroxylation sites is 2. The predicted molar refractivity (Wildman–Crippen MR) is 106 cm³/mol. The van der Waals surface area contributed by atoms with E-state index in [-0.39, 0.29) is 12.2 Å². The van der Waals surface area contributed by atoms with Crippen molar-refractivity contribution >= 4 is 11.8 Å². The van der Waals surface area contributed by atoms with E-state index < -0.39 is 0 Å². The zero-order valence-corrected chi connectivity index (χ0v) is 16.5. The number of carbonyl (C=O) groups is 1. The van der Waals surface area contributed by atoms with E-state index >= 15 is 0 Å². The molecule has 1 aliphatic carbocycles. The highest BCUT2D eigenvalue weighted by molar-refractivity contribution is 5.86. The lowest BCUT2D eigenvalue weighted by Gasteiger charge is -2.23. The number of nitrogens with zero attached hydrogens (tertiary/aromatic N) is 1. The second-order valence-electron chi connectivity index (χ2n) is 7.43.